The molecular weight excluding hydrogens is 406 g/mol. The van der Waals surface area contributed by atoms with Gasteiger partial charge in [-0.2, -0.15) is 0 Å². The van der Waals surface area contributed by atoms with Crippen LogP contribution in [0.25, 0.3) is 0 Å². The Morgan fingerprint density at radius 2 is 1.77 bits per heavy atom. The lowest BCUT2D eigenvalue weighted by atomic mass is 9.77. The van der Waals surface area contributed by atoms with Gasteiger partial charge in [0.1, 0.15) is 24.1 Å². The van der Waals surface area contributed by atoms with Gasteiger partial charge in [-0.05, 0) is 45.7 Å². The lowest BCUT2D eigenvalue weighted by Crippen LogP contribution is -2.67. The topological polar surface area (TPSA) is 204 Å². The molecule has 0 saturated heterocycles. The minimum absolute atomic E-state index is 0.221. The number of nitrogens with one attached hydrogen (secondary N) is 1. The summed E-state index contributed by atoms with van der Waals surface area (Å²) in [5.74, 6) is 0.575. The second-order valence-electron chi connectivity index (χ2n) is 9.21. The Bertz CT molecular complexity index is 637. The summed E-state index contributed by atoms with van der Waals surface area (Å²) in [6, 6.07) is -2.10. The standard InChI is InChI=1S/C20H39N5O6/c1-20(28)6-5-13(14(26)18(20)25-2)30-16-11(23)7-12(24)17(15(16)27)31-19-10(22)4-3-9(8-21)29-19/h3,10-19,25-28H,4-8,21-24H2,1-2H3/t10-,11-,12+,13+,14+,15-,16+,17-,18-,19-,20+/m1/s1. The van der Waals surface area contributed by atoms with Crippen LogP contribution in [0.4, 0.5) is 0 Å². The zero-order valence-electron chi connectivity index (χ0n) is 18.3. The third kappa shape index (κ3) is 5.22. The van der Waals surface area contributed by atoms with E-state index in [2.05, 4.69) is 5.32 Å². The van der Waals surface area contributed by atoms with Crippen molar-refractivity contribution in [2.45, 2.75) is 99.2 Å². The van der Waals surface area contributed by atoms with E-state index < -0.39 is 66.6 Å². The summed E-state index contributed by atoms with van der Waals surface area (Å²) in [5, 5.41) is 35.3. The van der Waals surface area contributed by atoms with Crippen molar-refractivity contribution in [2.24, 2.45) is 22.9 Å². The highest BCUT2D eigenvalue weighted by Crippen LogP contribution is 2.34. The molecule has 12 N–H and O–H groups in total. The molecule has 1 aliphatic heterocycles. The Labute approximate surface area is 183 Å². The normalized spacial score (nSPS) is 48.7. The quantitative estimate of drug-likeness (QED) is 0.206. The molecule has 0 aromatic carbocycles. The molecule has 11 atom stereocenters. The van der Waals surface area contributed by atoms with Crippen molar-refractivity contribution in [1.29, 1.82) is 0 Å². The monoisotopic (exact) mass is 445 g/mol. The molecule has 0 spiro atoms. The molecular formula is C20H39N5O6. The van der Waals surface area contributed by atoms with E-state index in [1.54, 1.807) is 14.0 Å². The molecule has 180 valence electrons. The van der Waals surface area contributed by atoms with Crippen LogP contribution in [0.2, 0.25) is 0 Å². The first-order valence-corrected chi connectivity index (χ1v) is 11.0. The fourth-order valence-electron chi connectivity index (χ4n) is 4.89. The third-order valence-electron chi connectivity index (χ3n) is 6.76. The fourth-order valence-corrected chi connectivity index (χ4v) is 4.89. The summed E-state index contributed by atoms with van der Waals surface area (Å²) in [4.78, 5) is 0. The molecule has 3 rings (SSSR count). The van der Waals surface area contributed by atoms with Crippen LogP contribution < -0.4 is 28.3 Å². The van der Waals surface area contributed by atoms with Crippen LogP contribution in [0, 0.1) is 0 Å². The third-order valence-corrected chi connectivity index (χ3v) is 6.76. The van der Waals surface area contributed by atoms with Gasteiger partial charge in [-0.25, -0.2) is 0 Å². The van der Waals surface area contributed by atoms with Gasteiger partial charge in [0.05, 0.1) is 36.4 Å². The Morgan fingerprint density at radius 3 is 2.39 bits per heavy atom. The number of aliphatic hydroxyl groups excluding tert-OH is 2. The summed E-state index contributed by atoms with van der Waals surface area (Å²) in [6.07, 6.45) is -1.61. The van der Waals surface area contributed by atoms with Gasteiger partial charge < -0.3 is 57.8 Å². The Balaban J connectivity index is 1.69. The van der Waals surface area contributed by atoms with Crippen LogP contribution >= 0.6 is 0 Å². The zero-order chi connectivity index (χ0) is 22.9. The number of nitrogens with two attached hydrogens (primary N) is 4. The maximum Gasteiger partial charge on any atom is 0.215 e. The van der Waals surface area contributed by atoms with E-state index in [9.17, 15) is 15.3 Å². The van der Waals surface area contributed by atoms with E-state index in [-0.39, 0.29) is 6.54 Å². The van der Waals surface area contributed by atoms with Crippen LogP contribution in [0.15, 0.2) is 11.8 Å². The molecule has 0 bridgehead atoms. The summed E-state index contributed by atoms with van der Waals surface area (Å²) >= 11 is 0. The van der Waals surface area contributed by atoms with Gasteiger partial charge in [-0.3, -0.25) is 0 Å². The Hall–Kier alpha value is -0.860. The van der Waals surface area contributed by atoms with Gasteiger partial charge in [-0.1, -0.05) is 0 Å². The van der Waals surface area contributed by atoms with Gasteiger partial charge in [0, 0.05) is 12.1 Å². The van der Waals surface area contributed by atoms with Crippen molar-refractivity contribution >= 4 is 0 Å². The minimum Gasteiger partial charge on any atom is -0.467 e. The van der Waals surface area contributed by atoms with E-state index in [0.29, 0.717) is 31.4 Å². The molecule has 0 aromatic rings. The average molecular weight is 446 g/mol. The molecule has 0 radical (unpaired) electrons. The first kappa shape index (κ1) is 24.8. The van der Waals surface area contributed by atoms with E-state index in [4.69, 9.17) is 37.1 Å². The molecule has 0 unspecified atom stereocenters. The van der Waals surface area contributed by atoms with Gasteiger partial charge >= 0.3 is 0 Å². The molecule has 11 heteroatoms. The maximum atomic E-state index is 11.1. The molecule has 1 heterocycles. The number of likely N-dealkylation sites (N-methyl/N-ethyl adjacent to an activating group) is 1. The van der Waals surface area contributed by atoms with Crippen LogP contribution in [0.5, 0.6) is 0 Å². The zero-order valence-corrected chi connectivity index (χ0v) is 18.3. The van der Waals surface area contributed by atoms with Crippen molar-refractivity contribution in [3.8, 4) is 0 Å². The molecule has 2 aliphatic carbocycles. The highest BCUT2D eigenvalue weighted by atomic mass is 16.7. The van der Waals surface area contributed by atoms with Gasteiger partial charge in [0.15, 0.2) is 0 Å². The predicted molar refractivity (Wildman–Crippen MR) is 113 cm³/mol. The largest absolute Gasteiger partial charge is 0.467 e. The molecule has 3 aliphatic rings. The van der Waals surface area contributed by atoms with Crippen molar-refractivity contribution < 1.29 is 29.5 Å². The predicted octanol–water partition coefficient (Wildman–Crippen LogP) is -3.05. The summed E-state index contributed by atoms with van der Waals surface area (Å²) in [7, 11) is 1.67. The lowest BCUT2D eigenvalue weighted by molar-refractivity contribution is -0.238. The first-order valence-electron chi connectivity index (χ1n) is 11.0. The fraction of sp³-hybridized carbons (Fsp3) is 0.900. The Kier molecular flexibility index (Phi) is 7.96. The molecule has 2 fully saturated rings. The average Bonchev–Trinajstić information content (AvgIpc) is 2.71. The SMILES string of the molecule is CN[C@@H]1[C@@H](O)[C@@H](O[C@@H]2[C@@H](O)[C@H](O[C@H]3OC(CN)=CC[C@H]3N)[C@@H](N)C[C@H]2N)CC[C@]1(C)O. The number of hydrogen-bond acceptors (Lipinski definition) is 11. The van der Waals surface area contributed by atoms with E-state index in [0.717, 1.165) is 0 Å². The van der Waals surface area contributed by atoms with Crippen LogP contribution in [-0.4, -0.2) is 95.5 Å². The van der Waals surface area contributed by atoms with Gasteiger partial charge in [0.25, 0.3) is 0 Å². The van der Waals surface area contributed by atoms with Gasteiger partial charge in [0.2, 0.25) is 6.29 Å². The van der Waals surface area contributed by atoms with Crippen molar-refractivity contribution in [3.05, 3.63) is 11.8 Å². The maximum absolute atomic E-state index is 11.1. The van der Waals surface area contributed by atoms with Crippen molar-refractivity contribution in [2.75, 3.05) is 13.6 Å². The van der Waals surface area contributed by atoms with Crippen molar-refractivity contribution in [3.63, 3.8) is 0 Å². The number of hydrogen-bond donors (Lipinski definition) is 8. The molecule has 31 heavy (non-hydrogen) atoms. The lowest BCUT2D eigenvalue weighted by Gasteiger charge is -2.48. The van der Waals surface area contributed by atoms with E-state index in [1.165, 1.54) is 0 Å². The van der Waals surface area contributed by atoms with Crippen molar-refractivity contribution in [1.82, 2.24) is 5.32 Å². The highest BCUT2D eigenvalue weighted by molar-refractivity contribution is 5.05. The van der Waals surface area contributed by atoms with E-state index >= 15 is 0 Å². The van der Waals surface area contributed by atoms with Gasteiger partial charge in [-0.15, -0.1) is 0 Å². The van der Waals surface area contributed by atoms with Crippen LogP contribution in [-0.2, 0) is 14.2 Å². The summed E-state index contributed by atoms with van der Waals surface area (Å²) in [5.41, 5.74) is 23.2. The van der Waals surface area contributed by atoms with Crippen LogP contribution in [0.1, 0.15) is 32.6 Å². The number of rotatable bonds is 6. The number of ether oxygens (including phenoxy) is 3. The second-order valence-corrected chi connectivity index (χ2v) is 9.21. The minimum atomic E-state index is -1.15. The number of aliphatic hydroxyl groups is 3. The molecule has 0 amide bonds. The molecule has 0 aromatic heterocycles. The summed E-state index contributed by atoms with van der Waals surface area (Å²) in [6.45, 7) is 1.90. The first-order chi connectivity index (χ1) is 14.6. The summed E-state index contributed by atoms with van der Waals surface area (Å²) < 4.78 is 17.8. The molecule has 11 nitrogen and oxygen atoms in total. The Morgan fingerprint density at radius 1 is 1.13 bits per heavy atom. The smallest absolute Gasteiger partial charge is 0.215 e. The molecule has 2 saturated carbocycles. The highest BCUT2D eigenvalue weighted by Gasteiger charge is 2.50. The van der Waals surface area contributed by atoms with Crippen LogP contribution in [0.3, 0.4) is 0 Å². The second kappa shape index (κ2) is 9.96. The van der Waals surface area contributed by atoms with E-state index in [1.807, 2.05) is 6.08 Å².